The predicted molar refractivity (Wildman–Crippen MR) is 218 cm³/mol. The van der Waals surface area contributed by atoms with Crippen LogP contribution in [0.1, 0.15) is 86.1 Å². The number of methoxy groups -OCH3 is 2. The van der Waals surface area contributed by atoms with E-state index in [9.17, 15) is 29.1 Å². The van der Waals surface area contributed by atoms with Gasteiger partial charge in [0.1, 0.15) is 12.1 Å². The largest absolute Gasteiger partial charge is 0.480 e. The van der Waals surface area contributed by atoms with Crippen LogP contribution in [0.3, 0.4) is 0 Å². The van der Waals surface area contributed by atoms with Crippen LogP contribution in [0.25, 0.3) is 0 Å². The zero-order chi connectivity index (χ0) is 42.3. The Labute approximate surface area is 335 Å². The number of nitrogens with two attached hydrogens (primary N) is 1. The number of carbonyl (C=O) groups is 5. The molecule has 14 nitrogen and oxygen atoms in total. The molecule has 5 N–H and O–H groups in total. The molecule has 4 amide bonds. The molecule has 0 aromatic heterocycles. The van der Waals surface area contributed by atoms with Gasteiger partial charge in [0.05, 0.1) is 42.7 Å². The molecule has 1 aromatic rings. The smallest absolute Gasteiger partial charge is 0.326 e. The summed E-state index contributed by atoms with van der Waals surface area (Å²) in [6, 6.07) is 5.80. The topological polar surface area (TPSA) is 184 Å². The number of nitrogens with one attached hydrogen (secondary N) is 2. The van der Waals surface area contributed by atoms with E-state index in [1.165, 1.54) is 14.2 Å². The summed E-state index contributed by atoms with van der Waals surface area (Å²) in [6.45, 7) is 15.1. The van der Waals surface area contributed by atoms with Gasteiger partial charge in [0.2, 0.25) is 23.6 Å². The lowest BCUT2D eigenvalue weighted by atomic mass is 9.89. The molecule has 0 aliphatic carbocycles. The first-order chi connectivity index (χ1) is 26.4. The van der Waals surface area contributed by atoms with Crippen LogP contribution >= 0.6 is 0 Å². The summed E-state index contributed by atoms with van der Waals surface area (Å²) >= 11 is 0. The van der Waals surface area contributed by atoms with Crippen LogP contribution in [0.2, 0.25) is 0 Å². The Morgan fingerprint density at radius 2 is 1.59 bits per heavy atom. The Kier molecular flexibility index (Phi) is 20.5. The number of nitrogens with zero attached hydrogens (tertiary/aromatic N) is 3. The second-order valence-corrected chi connectivity index (χ2v) is 16.2. The van der Waals surface area contributed by atoms with Crippen LogP contribution in [0.5, 0.6) is 0 Å². The highest BCUT2D eigenvalue weighted by Crippen LogP contribution is 2.30. The maximum absolute atomic E-state index is 14.4. The van der Waals surface area contributed by atoms with Gasteiger partial charge in [-0.2, -0.15) is 0 Å². The van der Waals surface area contributed by atoms with Crippen molar-refractivity contribution in [3.8, 4) is 0 Å². The van der Waals surface area contributed by atoms with Crippen molar-refractivity contribution in [3.63, 3.8) is 0 Å². The normalized spacial score (nSPS) is 18.8. The third-order valence-corrected chi connectivity index (χ3v) is 11.5. The van der Waals surface area contributed by atoms with Crippen molar-refractivity contribution in [3.05, 3.63) is 35.9 Å². The molecule has 1 aliphatic rings. The van der Waals surface area contributed by atoms with Gasteiger partial charge in [-0.25, -0.2) is 4.79 Å². The number of carboxylic acids is 1. The quantitative estimate of drug-likeness (QED) is 0.121. The first-order valence-corrected chi connectivity index (χ1v) is 20.3. The predicted octanol–water partition coefficient (Wildman–Crippen LogP) is 3.16. The molecule has 14 heteroatoms. The molecule has 0 spiro atoms. The summed E-state index contributed by atoms with van der Waals surface area (Å²) < 4.78 is 11.9. The van der Waals surface area contributed by atoms with Crippen molar-refractivity contribution in [2.24, 2.45) is 29.4 Å². The highest BCUT2D eigenvalue weighted by atomic mass is 16.5. The van der Waals surface area contributed by atoms with Gasteiger partial charge in [-0.15, -0.1) is 0 Å². The van der Waals surface area contributed by atoms with E-state index in [2.05, 4.69) is 10.6 Å². The van der Waals surface area contributed by atoms with Gasteiger partial charge in [0.25, 0.3) is 0 Å². The summed E-state index contributed by atoms with van der Waals surface area (Å²) in [6.07, 6.45) is 1.51. The molecule has 1 saturated heterocycles. The lowest BCUT2D eigenvalue weighted by molar-refractivity contribution is -0.148. The van der Waals surface area contributed by atoms with Gasteiger partial charge < -0.3 is 40.7 Å². The first-order valence-electron chi connectivity index (χ1n) is 20.3. The highest BCUT2D eigenvalue weighted by molar-refractivity contribution is 5.90. The minimum atomic E-state index is -1.14. The summed E-state index contributed by atoms with van der Waals surface area (Å²) in [5.74, 6) is -3.31. The molecule has 1 heterocycles. The number of ether oxygens (including phenoxy) is 2. The number of hydrogen-bond donors (Lipinski definition) is 4. The molecule has 1 aliphatic heterocycles. The number of benzene rings is 1. The van der Waals surface area contributed by atoms with Crippen molar-refractivity contribution in [2.45, 2.75) is 129 Å². The van der Waals surface area contributed by atoms with Gasteiger partial charge in [-0.05, 0) is 62.7 Å². The lowest BCUT2D eigenvalue weighted by Crippen LogP contribution is -2.60. The van der Waals surface area contributed by atoms with E-state index >= 15 is 0 Å². The standard InChI is InChI=1S/C42H72N6O8/c1-12-28(6)37(47(9)41(52)35(26(2)3)45-40(51)36(27(4)5)46(8)22-17-21-43)33(55-10)25-34(49)48-23-16-20-32(48)38(56-11)29(7)39(50)44-31(42(53)54)24-30-18-14-13-15-19-30/h13-15,18-19,26-29,31-33,35-38H,12,16-17,20-25,43H2,1-11H3,(H,44,50)(H,45,51)(H,53,54)/t28-,29+,31-,32-,33+,35-,36-,37-,38+/m0/s1. The Hall–Kier alpha value is -3.59. The molecule has 0 radical (unpaired) electrons. The number of carbonyl (C=O) groups excluding carboxylic acids is 4. The molecule has 9 atom stereocenters. The van der Waals surface area contributed by atoms with Crippen LogP contribution in [-0.4, -0.2) is 140 Å². The number of rotatable bonds is 24. The fourth-order valence-corrected chi connectivity index (χ4v) is 8.12. The first kappa shape index (κ1) is 48.6. The monoisotopic (exact) mass is 789 g/mol. The van der Waals surface area contributed by atoms with Crippen molar-refractivity contribution < 1.29 is 38.6 Å². The fourth-order valence-electron chi connectivity index (χ4n) is 8.12. The van der Waals surface area contributed by atoms with Crippen molar-refractivity contribution in [1.29, 1.82) is 0 Å². The molecule has 56 heavy (non-hydrogen) atoms. The average Bonchev–Trinajstić information content (AvgIpc) is 3.65. The molecule has 0 saturated carbocycles. The Morgan fingerprint density at radius 1 is 0.946 bits per heavy atom. The Morgan fingerprint density at radius 3 is 2.11 bits per heavy atom. The maximum atomic E-state index is 14.4. The van der Waals surface area contributed by atoms with E-state index in [0.29, 0.717) is 38.9 Å². The summed E-state index contributed by atoms with van der Waals surface area (Å²) in [5.41, 5.74) is 6.51. The minimum Gasteiger partial charge on any atom is -0.480 e. The van der Waals surface area contributed by atoms with Gasteiger partial charge in [0, 0.05) is 34.2 Å². The number of likely N-dealkylation sites (tertiary alicyclic amines) is 1. The Balaban J connectivity index is 2.28. The van der Waals surface area contributed by atoms with Crippen LogP contribution in [-0.2, 0) is 39.9 Å². The molecule has 0 bridgehead atoms. The maximum Gasteiger partial charge on any atom is 0.326 e. The summed E-state index contributed by atoms with van der Waals surface area (Å²) in [7, 11) is 6.65. The molecule has 1 fully saturated rings. The molecular weight excluding hydrogens is 716 g/mol. The summed E-state index contributed by atoms with van der Waals surface area (Å²) in [4.78, 5) is 73.3. The van der Waals surface area contributed by atoms with E-state index in [4.69, 9.17) is 15.2 Å². The number of amides is 4. The second-order valence-electron chi connectivity index (χ2n) is 16.2. The number of hydrogen-bond acceptors (Lipinski definition) is 9. The third kappa shape index (κ3) is 13.2. The van der Waals surface area contributed by atoms with Crippen LogP contribution in [0, 0.1) is 23.7 Å². The molecule has 1 aromatic carbocycles. The number of aliphatic carboxylic acids is 1. The minimum absolute atomic E-state index is 0.000882. The molecule has 318 valence electrons. The van der Waals surface area contributed by atoms with Crippen molar-refractivity contribution >= 4 is 29.6 Å². The van der Waals surface area contributed by atoms with E-state index < -0.39 is 60.2 Å². The number of carboxylic acid groups (broad SMARTS) is 1. The van der Waals surface area contributed by atoms with Gasteiger partial charge in [0.15, 0.2) is 0 Å². The van der Waals surface area contributed by atoms with E-state index in [-0.39, 0.29) is 48.3 Å². The van der Waals surface area contributed by atoms with Gasteiger partial charge in [-0.1, -0.05) is 85.2 Å². The zero-order valence-corrected chi connectivity index (χ0v) is 35.8. The average molecular weight is 789 g/mol. The van der Waals surface area contributed by atoms with Crippen LogP contribution in [0.4, 0.5) is 0 Å². The van der Waals surface area contributed by atoms with Gasteiger partial charge >= 0.3 is 5.97 Å². The lowest BCUT2D eigenvalue weighted by Gasteiger charge is -2.41. The Bertz CT molecular complexity index is 1400. The van der Waals surface area contributed by atoms with Gasteiger partial charge in [-0.3, -0.25) is 24.1 Å². The van der Waals surface area contributed by atoms with Crippen molar-refractivity contribution in [1.82, 2.24) is 25.3 Å². The molecule has 0 unspecified atom stereocenters. The van der Waals surface area contributed by atoms with Crippen molar-refractivity contribution in [2.75, 3.05) is 47.9 Å². The number of likely N-dealkylation sites (N-methyl/N-ethyl adjacent to an activating group) is 2. The SMILES string of the molecule is CC[C@H](C)[C@@H]([C@@H](CC(=O)N1CCC[C@H]1[C@H](OC)[C@@H](C)C(=O)N[C@@H](Cc1ccccc1)C(=O)O)OC)N(C)C(=O)[C@@H](NC(=O)[C@H](C(C)C)N(C)CCCN)C(C)C. The van der Waals surface area contributed by atoms with E-state index in [0.717, 1.165) is 12.0 Å². The van der Waals surface area contributed by atoms with E-state index in [1.54, 1.807) is 23.8 Å². The summed E-state index contributed by atoms with van der Waals surface area (Å²) in [5, 5.41) is 15.6. The zero-order valence-electron chi connectivity index (χ0n) is 35.8. The third-order valence-electron chi connectivity index (χ3n) is 11.5. The molecular formula is C42H72N6O8. The second kappa shape index (κ2) is 23.6. The van der Waals surface area contributed by atoms with Crippen LogP contribution in [0.15, 0.2) is 30.3 Å². The fraction of sp³-hybridized carbons (Fsp3) is 0.738. The van der Waals surface area contributed by atoms with E-state index in [1.807, 2.05) is 83.8 Å². The molecule has 2 rings (SSSR count). The highest BCUT2D eigenvalue weighted by Gasteiger charge is 2.43. The van der Waals surface area contributed by atoms with Crippen LogP contribution < -0.4 is 16.4 Å².